The average Bonchev–Trinajstić information content (AvgIpc) is 2.83. The third kappa shape index (κ3) is 9.02. The molecule has 0 fully saturated rings. The Bertz CT molecular complexity index is 1110. The minimum atomic E-state index is -3.56. The van der Waals surface area contributed by atoms with Crippen LogP contribution in [0.5, 0.6) is 5.75 Å². The van der Waals surface area contributed by atoms with Crippen LogP contribution in [0.1, 0.15) is 39.2 Å². The summed E-state index contributed by atoms with van der Waals surface area (Å²) >= 11 is 5.93. The lowest BCUT2D eigenvalue weighted by atomic mass is 10.1. The van der Waals surface area contributed by atoms with Gasteiger partial charge in [0.05, 0.1) is 19.1 Å². The molecule has 2 aromatic carbocycles. The zero-order valence-electron chi connectivity index (χ0n) is 21.5. The molecule has 198 valence electrons. The molecule has 0 bridgehead atoms. The van der Waals surface area contributed by atoms with Gasteiger partial charge in [0.15, 0.2) is 0 Å². The van der Waals surface area contributed by atoms with E-state index >= 15 is 0 Å². The highest BCUT2D eigenvalue weighted by Gasteiger charge is 2.26. The molecule has 0 heterocycles. The number of rotatable bonds is 13. The van der Waals surface area contributed by atoms with Crippen molar-refractivity contribution in [2.45, 2.75) is 46.2 Å². The first-order valence-corrected chi connectivity index (χ1v) is 14.1. The van der Waals surface area contributed by atoms with Crippen LogP contribution in [0.2, 0.25) is 5.02 Å². The first kappa shape index (κ1) is 29.5. The highest BCUT2D eigenvalue weighted by molar-refractivity contribution is 7.92. The first-order valence-electron chi connectivity index (χ1n) is 11.9. The Morgan fingerprint density at radius 1 is 1.03 bits per heavy atom. The van der Waals surface area contributed by atoms with Crippen LogP contribution < -0.4 is 14.4 Å². The maximum atomic E-state index is 13.3. The molecule has 0 saturated carbocycles. The summed E-state index contributed by atoms with van der Waals surface area (Å²) in [7, 11) is -1.98. The van der Waals surface area contributed by atoms with Crippen LogP contribution in [-0.4, -0.2) is 57.6 Å². The molecule has 0 aromatic heterocycles. The van der Waals surface area contributed by atoms with Gasteiger partial charge in [-0.05, 0) is 61.2 Å². The van der Waals surface area contributed by atoms with E-state index in [9.17, 15) is 18.0 Å². The van der Waals surface area contributed by atoms with Gasteiger partial charge in [-0.1, -0.05) is 37.6 Å². The van der Waals surface area contributed by atoms with Gasteiger partial charge < -0.3 is 15.0 Å². The second-order valence-corrected chi connectivity index (χ2v) is 11.4. The van der Waals surface area contributed by atoms with Gasteiger partial charge in [-0.15, -0.1) is 0 Å². The van der Waals surface area contributed by atoms with Crippen LogP contribution in [0.15, 0.2) is 48.5 Å². The molecular formula is C26H36ClN3O5S. The molecule has 0 radical (unpaired) electrons. The second-order valence-electron chi connectivity index (χ2n) is 9.10. The van der Waals surface area contributed by atoms with Gasteiger partial charge in [-0.3, -0.25) is 13.9 Å². The predicted octanol–water partition coefficient (Wildman–Crippen LogP) is 4.08. The highest BCUT2D eigenvalue weighted by atomic mass is 35.5. The summed E-state index contributed by atoms with van der Waals surface area (Å²) in [6.07, 6.45) is 1.49. The quantitative estimate of drug-likeness (QED) is 0.415. The molecular weight excluding hydrogens is 502 g/mol. The molecule has 36 heavy (non-hydrogen) atoms. The summed E-state index contributed by atoms with van der Waals surface area (Å²) in [6, 6.07) is 13.1. The summed E-state index contributed by atoms with van der Waals surface area (Å²) in [6.45, 7) is 6.58. The molecule has 0 aliphatic heterocycles. The lowest BCUT2D eigenvalue weighted by Gasteiger charge is -2.29. The van der Waals surface area contributed by atoms with Gasteiger partial charge in [0.25, 0.3) is 0 Å². The number of nitrogens with zero attached hydrogens (tertiary/aromatic N) is 2. The molecule has 10 heteroatoms. The number of ether oxygens (including phenoxy) is 1. The van der Waals surface area contributed by atoms with E-state index < -0.39 is 16.1 Å². The first-order chi connectivity index (χ1) is 16.9. The Morgan fingerprint density at radius 3 is 2.17 bits per heavy atom. The van der Waals surface area contributed by atoms with Crippen LogP contribution in [0, 0.1) is 5.92 Å². The molecule has 0 aliphatic rings. The number of halogens is 1. The summed E-state index contributed by atoms with van der Waals surface area (Å²) in [5.74, 6) is 0.510. The average molecular weight is 538 g/mol. The third-order valence-corrected chi connectivity index (χ3v) is 7.08. The van der Waals surface area contributed by atoms with Gasteiger partial charge in [0.1, 0.15) is 11.8 Å². The minimum Gasteiger partial charge on any atom is -0.497 e. The zero-order valence-corrected chi connectivity index (χ0v) is 23.1. The van der Waals surface area contributed by atoms with Crippen molar-refractivity contribution in [1.29, 1.82) is 0 Å². The monoisotopic (exact) mass is 537 g/mol. The molecule has 0 aliphatic carbocycles. The topological polar surface area (TPSA) is 96.0 Å². The van der Waals surface area contributed by atoms with E-state index in [-0.39, 0.29) is 43.7 Å². The summed E-state index contributed by atoms with van der Waals surface area (Å²) in [5.41, 5.74) is 1.33. The summed E-state index contributed by atoms with van der Waals surface area (Å²) < 4.78 is 31.2. The normalized spacial score (nSPS) is 12.2. The molecule has 2 rings (SSSR count). The van der Waals surface area contributed by atoms with Crippen molar-refractivity contribution in [3.05, 3.63) is 59.1 Å². The van der Waals surface area contributed by atoms with Crippen molar-refractivity contribution in [3.63, 3.8) is 0 Å². The molecule has 0 spiro atoms. The lowest BCUT2D eigenvalue weighted by Crippen LogP contribution is -2.48. The van der Waals surface area contributed by atoms with Crippen LogP contribution in [0.3, 0.4) is 0 Å². The van der Waals surface area contributed by atoms with Crippen LogP contribution in [0.25, 0.3) is 0 Å². The number of hydrogen-bond acceptors (Lipinski definition) is 5. The van der Waals surface area contributed by atoms with Crippen molar-refractivity contribution in [3.8, 4) is 5.75 Å². The largest absolute Gasteiger partial charge is 0.497 e. The smallest absolute Gasteiger partial charge is 0.242 e. The number of benzene rings is 2. The number of carbonyl (C=O) groups excluding carboxylic acids is 2. The van der Waals surface area contributed by atoms with Crippen molar-refractivity contribution < 1.29 is 22.7 Å². The molecule has 8 nitrogen and oxygen atoms in total. The fraction of sp³-hybridized carbons (Fsp3) is 0.462. The number of anilines is 1. The van der Waals surface area contributed by atoms with Crippen LogP contribution >= 0.6 is 11.6 Å². The van der Waals surface area contributed by atoms with Gasteiger partial charge in [-0.2, -0.15) is 0 Å². The van der Waals surface area contributed by atoms with Gasteiger partial charge >= 0.3 is 0 Å². The van der Waals surface area contributed by atoms with Gasteiger partial charge in [-0.25, -0.2) is 8.42 Å². The Hall–Kier alpha value is -2.78. The number of methoxy groups -OCH3 is 1. The Balaban J connectivity index is 2.15. The molecule has 0 unspecified atom stereocenters. The SMILES string of the molecule is COc1ccc(CN(C(=O)CCCN(c2ccc(Cl)cc2)S(C)(=O)=O)[C@@H](C)C(=O)NCC(C)C)cc1. The lowest BCUT2D eigenvalue weighted by molar-refractivity contribution is -0.140. The van der Waals surface area contributed by atoms with E-state index in [0.29, 0.717) is 23.0 Å². The fourth-order valence-electron chi connectivity index (χ4n) is 3.57. The number of amides is 2. The maximum Gasteiger partial charge on any atom is 0.242 e. The Kier molecular flexibility index (Phi) is 11.0. The molecule has 2 aromatic rings. The van der Waals surface area contributed by atoms with Crippen molar-refractivity contribution in [2.24, 2.45) is 5.92 Å². The van der Waals surface area contributed by atoms with E-state index in [1.54, 1.807) is 50.4 Å². The molecule has 0 saturated heterocycles. The molecule has 1 N–H and O–H groups in total. The van der Waals surface area contributed by atoms with E-state index in [1.807, 2.05) is 26.0 Å². The summed E-state index contributed by atoms with van der Waals surface area (Å²) in [5, 5.41) is 3.39. The third-order valence-electron chi connectivity index (χ3n) is 5.63. The zero-order chi connectivity index (χ0) is 26.9. The maximum absolute atomic E-state index is 13.3. The standard InChI is InChI=1S/C26H36ClN3O5S/c1-19(2)17-28-26(32)20(3)29(18-21-8-14-24(35-4)15-9-21)25(31)7-6-16-30(36(5,33)34)23-12-10-22(27)11-13-23/h8-15,19-20H,6-7,16-18H2,1-5H3,(H,28,32)/t20-/m0/s1. The highest BCUT2D eigenvalue weighted by Crippen LogP contribution is 2.22. The summed E-state index contributed by atoms with van der Waals surface area (Å²) in [4.78, 5) is 27.6. The molecule has 2 amide bonds. The number of carbonyl (C=O) groups is 2. The van der Waals surface area contributed by atoms with Crippen molar-refractivity contribution in [2.75, 3.05) is 30.8 Å². The Morgan fingerprint density at radius 2 is 1.64 bits per heavy atom. The van der Waals surface area contributed by atoms with Gasteiger partial charge in [0.2, 0.25) is 21.8 Å². The van der Waals surface area contributed by atoms with Crippen molar-refractivity contribution in [1.82, 2.24) is 10.2 Å². The number of hydrogen-bond donors (Lipinski definition) is 1. The van der Waals surface area contributed by atoms with E-state index in [4.69, 9.17) is 16.3 Å². The fourth-order valence-corrected chi connectivity index (χ4v) is 4.67. The second kappa shape index (κ2) is 13.5. The van der Waals surface area contributed by atoms with E-state index in [0.717, 1.165) is 11.8 Å². The molecule has 1 atom stereocenters. The van der Waals surface area contributed by atoms with E-state index in [1.165, 1.54) is 9.21 Å². The number of nitrogens with one attached hydrogen (secondary N) is 1. The predicted molar refractivity (Wildman–Crippen MR) is 144 cm³/mol. The van der Waals surface area contributed by atoms with Crippen molar-refractivity contribution >= 4 is 39.1 Å². The van der Waals surface area contributed by atoms with Gasteiger partial charge in [0, 0.05) is 31.1 Å². The Labute approximate surface area is 219 Å². The number of sulfonamides is 1. The van der Waals surface area contributed by atoms with E-state index in [2.05, 4.69) is 5.32 Å². The minimum absolute atomic E-state index is 0.0809. The van der Waals surface area contributed by atoms with Crippen LogP contribution in [0.4, 0.5) is 5.69 Å². The van der Waals surface area contributed by atoms with Crippen LogP contribution in [-0.2, 0) is 26.2 Å².